The molecule has 4 aromatic heterocycles. The Balaban J connectivity index is 1.08. The number of likely N-dealkylation sites (N-methyl/N-ethyl adjacent to an activating group) is 1. The lowest BCUT2D eigenvalue weighted by molar-refractivity contribution is 1.01. The van der Waals surface area contributed by atoms with Crippen molar-refractivity contribution in [1.29, 1.82) is 0 Å². The largest absolute Gasteiger partial charge is 0.369 e. The van der Waals surface area contributed by atoms with Crippen LogP contribution in [0.3, 0.4) is 0 Å². The van der Waals surface area contributed by atoms with Crippen LogP contribution in [0.4, 0.5) is 5.69 Å². The molecule has 5 heterocycles. The third-order valence-corrected chi connectivity index (χ3v) is 10.9. The molecule has 0 radical (unpaired) electrons. The summed E-state index contributed by atoms with van der Waals surface area (Å²) in [5.74, 6) is 0. The van der Waals surface area contributed by atoms with Crippen LogP contribution in [0, 0.1) is 0 Å². The number of hydrogen-bond donors (Lipinski definition) is 0. The van der Waals surface area contributed by atoms with E-state index in [1.54, 1.807) is 0 Å². The second-order valence-corrected chi connectivity index (χ2v) is 13.5. The van der Waals surface area contributed by atoms with E-state index in [0.29, 0.717) is 0 Å². The summed E-state index contributed by atoms with van der Waals surface area (Å²) in [4.78, 5) is 17.3. The summed E-state index contributed by atoms with van der Waals surface area (Å²) < 4.78 is 2.63. The van der Waals surface area contributed by atoms with Crippen molar-refractivity contribution in [3.63, 3.8) is 0 Å². The molecule has 10 rings (SSSR count). The zero-order chi connectivity index (χ0) is 31.8. The highest BCUT2D eigenvalue weighted by molar-refractivity contribution is 7.26. The maximum atomic E-state index is 5.27. The molecule has 0 aliphatic carbocycles. The highest BCUT2D eigenvalue weighted by Gasteiger charge is 2.22. The Morgan fingerprint density at radius 2 is 1.52 bits per heavy atom. The summed E-state index contributed by atoms with van der Waals surface area (Å²) in [7, 11) is 2.13. The maximum absolute atomic E-state index is 5.27. The van der Waals surface area contributed by atoms with Gasteiger partial charge in [-0.05, 0) is 35.9 Å². The number of anilines is 1. The van der Waals surface area contributed by atoms with Gasteiger partial charge in [0.2, 0.25) is 0 Å². The van der Waals surface area contributed by atoms with Crippen molar-refractivity contribution in [1.82, 2.24) is 15.0 Å². The molecule has 9 aromatic rings. The molecule has 5 aromatic carbocycles. The minimum Gasteiger partial charge on any atom is -0.369 e. The number of rotatable bonds is 3. The van der Waals surface area contributed by atoms with E-state index in [9.17, 15) is 0 Å². The van der Waals surface area contributed by atoms with Crippen molar-refractivity contribution < 1.29 is 0 Å². The average Bonchev–Trinajstić information content (AvgIpc) is 3.53. The van der Waals surface area contributed by atoms with E-state index in [-0.39, 0.29) is 0 Å². The van der Waals surface area contributed by atoms with E-state index >= 15 is 0 Å². The van der Waals surface area contributed by atoms with Gasteiger partial charge in [0.25, 0.3) is 0 Å². The first kappa shape index (κ1) is 27.2. The molecule has 1 aliphatic heterocycles. The Labute approximate surface area is 281 Å². The number of nitrogens with zero attached hydrogens (tertiary/aromatic N) is 4. The lowest BCUT2D eigenvalue weighted by Gasteiger charge is -2.28. The smallest absolute Gasteiger partial charge is 0.0941 e. The molecule has 1 aliphatic rings. The third kappa shape index (κ3) is 4.11. The van der Waals surface area contributed by atoms with Crippen LogP contribution in [0.2, 0.25) is 0 Å². The molecule has 0 saturated heterocycles. The fourth-order valence-electron chi connectivity index (χ4n) is 7.41. The first-order chi connectivity index (χ1) is 23.7. The monoisotopic (exact) mass is 632 g/mol. The Morgan fingerprint density at radius 1 is 0.667 bits per heavy atom. The van der Waals surface area contributed by atoms with Crippen molar-refractivity contribution in [2.45, 2.75) is 0 Å². The van der Waals surface area contributed by atoms with Crippen LogP contribution < -0.4 is 4.90 Å². The van der Waals surface area contributed by atoms with Gasteiger partial charge in [-0.25, -0.2) is 4.98 Å². The van der Waals surface area contributed by atoms with Gasteiger partial charge in [-0.15, -0.1) is 11.3 Å². The standard InChI is InChI=1S/C43H28N4S/c1-47-23-21-30(32-17-15-26-10-7-22-44-41(26)42(32)47)36-20-16-29(25-45-36)27-8-6-9-28(24-27)40-35-19-18-33-31-11-3-5-14-38(31)48-43(33)39(35)34-12-2-4-13-37(34)46-40/h2-22,24-25H,23H2,1H3. The molecule has 48 heavy (non-hydrogen) atoms. The van der Waals surface area contributed by atoms with Gasteiger partial charge in [0, 0.05) is 90.0 Å². The number of aromatic nitrogens is 3. The summed E-state index contributed by atoms with van der Waals surface area (Å²) in [5.41, 5.74) is 10.8. The second-order valence-electron chi connectivity index (χ2n) is 12.5. The highest BCUT2D eigenvalue weighted by Crippen LogP contribution is 2.44. The molecule has 0 fully saturated rings. The van der Waals surface area contributed by atoms with E-state index in [1.807, 2.05) is 29.8 Å². The Morgan fingerprint density at radius 3 is 2.44 bits per heavy atom. The number of para-hydroxylation sites is 1. The van der Waals surface area contributed by atoms with Crippen molar-refractivity contribution >= 4 is 75.3 Å². The summed E-state index contributed by atoms with van der Waals surface area (Å²) in [6.45, 7) is 0.810. The number of benzene rings is 5. The van der Waals surface area contributed by atoms with Crippen molar-refractivity contribution in [3.05, 3.63) is 151 Å². The Bertz CT molecular complexity index is 2780. The van der Waals surface area contributed by atoms with E-state index < -0.39 is 0 Å². The molecular formula is C43H28N4S. The van der Waals surface area contributed by atoms with Crippen LogP contribution in [0.15, 0.2) is 140 Å². The van der Waals surface area contributed by atoms with E-state index in [0.717, 1.165) is 62.3 Å². The van der Waals surface area contributed by atoms with Crippen molar-refractivity contribution in [2.75, 3.05) is 18.5 Å². The lowest BCUT2D eigenvalue weighted by atomic mass is 9.93. The summed E-state index contributed by atoms with van der Waals surface area (Å²) >= 11 is 1.87. The van der Waals surface area contributed by atoms with Crippen LogP contribution in [-0.2, 0) is 0 Å². The van der Waals surface area contributed by atoms with Gasteiger partial charge in [0.1, 0.15) is 0 Å². The number of hydrogen-bond acceptors (Lipinski definition) is 5. The number of fused-ring (bicyclic) bond motifs is 10. The van der Waals surface area contributed by atoms with Gasteiger partial charge in [-0.2, -0.15) is 0 Å². The first-order valence-electron chi connectivity index (χ1n) is 16.2. The molecule has 5 heteroatoms. The predicted octanol–water partition coefficient (Wildman–Crippen LogP) is 10.9. The first-order valence-corrected chi connectivity index (χ1v) is 17.0. The Hall–Kier alpha value is -5.91. The molecular weight excluding hydrogens is 605 g/mol. The zero-order valence-corrected chi connectivity index (χ0v) is 27.0. The fourth-order valence-corrected chi connectivity index (χ4v) is 8.68. The average molecular weight is 633 g/mol. The van der Waals surface area contributed by atoms with Gasteiger partial charge >= 0.3 is 0 Å². The molecule has 0 amide bonds. The molecule has 0 atom stereocenters. The second kappa shape index (κ2) is 10.6. The van der Waals surface area contributed by atoms with Gasteiger partial charge in [0.05, 0.1) is 28.1 Å². The minimum absolute atomic E-state index is 0.810. The minimum atomic E-state index is 0.810. The summed E-state index contributed by atoms with van der Waals surface area (Å²) in [5, 5.41) is 7.41. The molecule has 4 nitrogen and oxygen atoms in total. The van der Waals surface area contributed by atoms with E-state index in [1.165, 1.54) is 41.9 Å². The normalized spacial score (nSPS) is 13.1. The quantitative estimate of drug-likeness (QED) is 0.182. The van der Waals surface area contributed by atoms with Crippen LogP contribution in [0.25, 0.3) is 80.7 Å². The predicted molar refractivity (Wildman–Crippen MR) is 203 cm³/mol. The van der Waals surface area contributed by atoms with Crippen molar-refractivity contribution in [3.8, 4) is 22.4 Å². The van der Waals surface area contributed by atoms with Crippen molar-refractivity contribution in [2.24, 2.45) is 0 Å². The van der Waals surface area contributed by atoms with Crippen LogP contribution in [0.1, 0.15) is 11.3 Å². The van der Waals surface area contributed by atoms with Gasteiger partial charge in [-0.3, -0.25) is 9.97 Å². The molecule has 0 N–H and O–H groups in total. The molecule has 226 valence electrons. The molecule has 0 bridgehead atoms. The third-order valence-electron chi connectivity index (χ3n) is 9.71. The van der Waals surface area contributed by atoms with Crippen LogP contribution in [0.5, 0.6) is 0 Å². The summed E-state index contributed by atoms with van der Waals surface area (Å²) in [6.07, 6.45) is 6.14. The maximum Gasteiger partial charge on any atom is 0.0941 e. The number of pyridine rings is 3. The number of thiophene rings is 1. The van der Waals surface area contributed by atoms with E-state index in [2.05, 4.69) is 133 Å². The molecule has 0 saturated carbocycles. The van der Waals surface area contributed by atoms with Gasteiger partial charge in [-0.1, -0.05) is 97.1 Å². The molecule has 0 unspecified atom stereocenters. The van der Waals surface area contributed by atoms with Crippen LogP contribution in [-0.4, -0.2) is 28.5 Å². The van der Waals surface area contributed by atoms with Crippen LogP contribution >= 0.6 is 11.3 Å². The zero-order valence-electron chi connectivity index (χ0n) is 26.2. The van der Waals surface area contributed by atoms with Gasteiger partial charge in [0.15, 0.2) is 0 Å². The SMILES string of the molecule is CN1CC=C(c2ccc(-c3cccc(-c4nc5ccccc5c5c4ccc4c6ccccc6sc45)c3)cn2)c2ccc3cccnc3c21. The molecule has 0 spiro atoms. The lowest BCUT2D eigenvalue weighted by Crippen LogP contribution is -2.23. The topological polar surface area (TPSA) is 41.9 Å². The highest BCUT2D eigenvalue weighted by atomic mass is 32.1. The van der Waals surface area contributed by atoms with Gasteiger partial charge < -0.3 is 4.90 Å². The summed E-state index contributed by atoms with van der Waals surface area (Å²) in [6, 6.07) is 43.3. The fraction of sp³-hybridized carbons (Fsp3) is 0.0465. The Kier molecular flexibility index (Phi) is 5.99. The van der Waals surface area contributed by atoms with E-state index in [4.69, 9.17) is 15.0 Å².